The van der Waals surface area contributed by atoms with Gasteiger partial charge in [0.25, 0.3) is 5.91 Å². The van der Waals surface area contributed by atoms with Gasteiger partial charge in [-0.1, -0.05) is 42.5 Å². The fourth-order valence-electron chi connectivity index (χ4n) is 5.04. The first kappa shape index (κ1) is 32.4. The number of carboxylic acids is 1. The summed E-state index contributed by atoms with van der Waals surface area (Å²) in [5.41, 5.74) is 5.55. The fourth-order valence-corrected chi connectivity index (χ4v) is 5.52. The predicted molar refractivity (Wildman–Crippen MR) is 169 cm³/mol. The van der Waals surface area contributed by atoms with E-state index in [1.165, 1.54) is 23.9 Å². The van der Waals surface area contributed by atoms with Crippen LogP contribution in [0, 0.1) is 29.9 Å². The summed E-state index contributed by atoms with van der Waals surface area (Å²) in [6.07, 6.45) is 2.18. The molecule has 0 bridgehead atoms. The fraction of sp³-hybridized carbons (Fsp3) is 0.229. The van der Waals surface area contributed by atoms with E-state index in [9.17, 15) is 28.7 Å². The Morgan fingerprint density at radius 2 is 1.52 bits per heavy atom. The summed E-state index contributed by atoms with van der Waals surface area (Å²) < 4.78 is 28.1. The maximum atomic E-state index is 14.1. The van der Waals surface area contributed by atoms with Gasteiger partial charge in [-0.2, -0.15) is 17.0 Å². The first-order chi connectivity index (χ1) is 21.2. The van der Waals surface area contributed by atoms with E-state index in [2.05, 4.69) is 11.4 Å². The number of nitrogens with one attached hydrogen (secondary N) is 1. The molecule has 0 saturated carbocycles. The lowest BCUT2D eigenvalue weighted by Crippen LogP contribution is -2.41. The van der Waals surface area contributed by atoms with Crippen LogP contribution >= 0.6 is 11.8 Å². The van der Waals surface area contributed by atoms with Crippen molar-refractivity contribution in [1.29, 1.82) is 5.26 Å². The minimum Gasteiger partial charge on any atom is -0.480 e. The molecule has 9 heteroatoms. The van der Waals surface area contributed by atoms with Crippen LogP contribution in [0.25, 0.3) is 11.1 Å². The Balaban J connectivity index is 1.70. The number of aliphatic carboxylic acids is 1. The summed E-state index contributed by atoms with van der Waals surface area (Å²) in [4.78, 5) is 27.3. The van der Waals surface area contributed by atoms with Gasteiger partial charge in [0.2, 0.25) is 0 Å². The largest absolute Gasteiger partial charge is 0.480 e. The van der Waals surface area contributed by atoms with Gasteiger partial charge in [-0.25, -0.2) is 13.6 Å². The van der Waals surface area contributed by atoms with Gasteiger partial charge in [0.05, 0.1) is 11.6 Å². The first-order valence-corrected chi connectivity index (χ1v) is 15.4. The van der Waals surface area contributed by atoms with E-state index in [1.54, 1.807) is 18.2 Å². The van der Waals surface area contributed by atoms with Crippen molar-refractivity contribution < 1.29 is 23.5 Å². The SMILES string of the molecule is CSCCC(NC(=O)c1ccc(CN(Cc2ccc(C#N)cc2)Cc2cc(F)cc(F)c2)cc1-c1ccccc1C)C(=O)O. The van der Waals surface area contributed by atoms with Crippen molar-refractivity contribution in [2.24, 2.45) is 0 Å². The van der Waals surface area contributed by atoms with E-state index >= 15 is 0 Å². The molecule has 0 fully saturated rings. The minimum atomic E-state index is -1.09. The molecule has 226 valence electrons. The summed E-state index contributed by atoms with van der Waals surface area (Å²) in [7, 11) is 0. The number of hydrogen-bond donors (Lipinski definition) is 2. The highest BCUT2D eigenvalue weighted by Crippen LogP contribution is 2.29. The number of nitrogens with zero attached hydrogens (tertiary/aromatic N) is 2. The third-order valence-corrected chi connectivity index (χ3v) is 7.85. The number of nitriles is 1. The van der Waals surface area contributed by atoms with Gasteiger partial charge in [-0.3, -0.25) is 9.69 Å². The van der Waals surface area contributed by atoms with Crippen LogP contribution < -0.4 is 5.32 Å². The average Bonchev–Trinajstić information content (AvgIpc) is 2.99. The van der Waals surface area contributed by atoms with E-state index in [0.29, 0.717) is 47.5 Å². The number of carbonyl (C=O) groups excluding carboxylic acids is 1. The number of rotatable bonds is 13. The zero-order valence-electron chi connectivity index (χ0n) is 24.5. The molecule has 0 saturated heterocycles. The molecule has 4 rings (SSSR count). The van der Waals surface area contributed by atoms with Crippen LogP contribution in [0.4, 0.5) is 8.78 Å². The van der Waals surface area contributed by atoms with Crippen LogP contribution in [-0.4, -0.2) is 39.9 Å². The van der Waals surface area contributed by atoms with Crippen LogP contribution in [0.15, 0.2) is 84.9 Å². The molecule has 0 aliphatic rings. The number of carboxylic acid groups (broad SMARTS) is 1. The minimum absolute atomic E-state index is 0.242. The Morgan fingerprint density at radius 1 is 0.886 bits per heavy atom. The van der Waals surface area contributed by atoms with E-state index in [-0.39, 0.29) is 6.54 Å². The molecule has 0 aliphatic carbocycles. The average molecular weight is 614 g/mol. The van der Waals surface area contributed by atoms with Crippen molar-refractivity contribution >= 4 is 23.6 Å². The van der Waals surface area contributed by atoms with E-state index in [1.807, 2.05) is 66.6 Å². The lowest BCUT2D eigenvalue weighted by atomic mass is 9.93. The second kappa shape index (κ2) is 15.3. The van der Waals surface area contributed by atoms with Gasteiger partial charge in [-0.15, -0.1) is 0 Å². The van der Waals surface area contributed by atoms with E-state index in [0.717, 1.165) is 28.3 Å². The summed E-state index contributed by atoms with van der Waals surface area (Å²) in [6, 6.07) is 24.7. The molecular formula is C35H33F2N3O3S. The number of carbonyl (C=O) groups is 2. The van der Waals surface area contributed by atoms with Gasteiger partial charge in [-0.05, 0) is 95.1 Å². The molecular weight excluding hydrogens is 580 g/mol. The maximum Gasteiger partial charge on any atom is 0.326 e. The van der Waals surface area contributed by atoms with Crippen molar-refractivity contribution in [3.05, 3.63) is 130 Å². The summed E-state index contributed by atoms with van der Waals surface area (Å²) in [6.45, 7) is 3.00. The van der Waals surface area contributed by atoms with E-state index in [4.69, 9.17) is 0 Å². The molecule has 0 aliphatic heterocycles. The molecule has 0 spiro atoms. The van der Waals surface area contributed by atoms with Crippen LogP contribution in [0.2, 0.25) is 0 Å². The lowest BCUT2D eigenvalue weighted by Gasteiger charge is -2.24. The predicted octanol–water partition coefficient (Wildman–Crippen LogP) is 6.95. The highest BCUT2D eigenvalue weighted by molar-refractivity contribution is 7.98. The molecule has 1 amide bonds. The normalized spacial score (nSPS) is 11.6. The molecule has 2 N–H and O–H groups in total. The second-order valence-corrected chi connectivity index (χ2v) is 11.6. The van der Waals surface area contributed by atoms with Crippen molar-refractivity contribution in [2.75, 3.05) is 12.0 Å². The molecule has 4 aromatic carbocycles. The number of halogens is 2. The van der Waals surface area contributed by atoms with Gasteiger partial charge in [0.15, 0.2) is 0 Å². The zero-order valence-corrected chi connectivity index (χ0v) is 25.3. The van der Waals surface area contributed by atoms with Crippen molar-refractivity contribution in [2.45, 2.75) is 39.0 Å². The quantitative estimate of drug-likeness (QED) is 0.170. The summed E-state index contributed by atoms with van der Waals surface area (Å²) in [5.74, 6) is -2.30. The Labute approximate surface area is 260 Å². The van der Waals surface area contributed by atoms with Gasteiger partial charge in [0, 0.05) is 31.3 Å². The second-order valence-electron chi connectivity index (χ2n) is 10.6. The highest BCUT2D eigenvalue weighted by atomic mass is 32.2. The van der Waals surface area contributed by atoms with Crippen molar-refractivity contribution in [3.63, 3.8) is 0 Å². The third kappa shape index (κ3) is 8.75. The summed E-state index contributed by atoms with van der Waals surface area (Å²) >= 11 is 1.51. The Kier molecular flexibility index (Phi) is 11.2. The van der Waals surface area contributed by atoms with Crippen LogP contribution in [0.5, 0.6) is 0 Å². The number of aryl methyl sites for hydroxylation is 1. The van der Waals surface area contributed by atoms with Gasteiger partial charge in [0.1, 0.15) is 17.7 Å². The van der Waals surface area contributed by atoms with Gasteiger partial charge < -0.3 is 10.4 Å². The third-order valence-electron chi connectivity index (χ3n) is 7.20. The molecule has 0 heterocycles. The van der Waals surface area contributed by atoms with Crippen molar-refractivity contribution in [3.8, 4) is 17.2 Å². The van der Waals surface area contributed by atoms with Crippen LogP contribution in [0.3, 0.4) is 0 Å². The Morgan fingerprint density at radius 3 is 2.16 bits per heavy atom. The summed E-state index contributed by atoms with van der Waals surface area (Å²) in [5, 5.41) is 21.5. The Bertz CT molecular complexity index is 1650. The number of hydrogen-bond acceptors (Lipinski definition) is 5. The lowest BCUT2D eigenvalue weighted by molar-refractivity contribution is -0.139. The van der Waals surface area contributed by atoms with Crippen LogP contribution in [0.1, 0.15) is 44.6 Å². The molecule has 0 aromatic heterocycles. The van der Waals surface area contributed by atoms with Gasteiger partial charge >= 0.3 is 5.97 Å². The zero-order chi connectivity index (χ0) is 31.6. The number of benzene rings is 4. The smallest absolute Gasteiger partial charge is 0.326 e. The van der Waals surface area contributed by atoms with E-state index < -0.39 is 29.6 Å². The van der Waals surface area contributed by atoms with Crippen molar-refractivity contribution in [1.82, 2.24) is 10.2 Å². The highest BCUT2D eigenvalue weighted by Gasteiger charge is 2.23. The monoisotopic (exact) mass is 613 g/mol. The standard InChI is InChI=1S/C35H33F2N3O3S/c1-23-5-3-4-6-30(23)32-17-26(11-12-31(32)34(41)39-33(35(42)43)13-14-44-2)21-40(20-25-9-7-24(19-38)8-10-25)22-27-15-28(36)18-29(37)16-27/h3-12,15-18,33H,13-14,20-22H2,1-2H3,(H,39,41)(H,42,43). The molecule has 6 nitrogen and oxygen atoms in total. The molecule has 44 heavy (non-hydrogen) atoms. The molecule has 4 aromatic rings. The number of amides is 1. The number of thioether (sulfide) groups is 1. The first-order valence-electron chi connectivity index (χ1n) is 14.0. The Hall–Kier alpha value is -4.52. The molecule has 1 unspecified atom stereocenters. The molecule has 0 radical (unpaired) electrons. The molecule has 1 atom stereocenters. The van der Waals surface area contributed by atoms with Crippen LogP contribution in [-0.2, 0) is 24.4 Å². The maximum absolute atomic E-state index is 14.1. The topological polar surface area (TPSA) is 93.4 Å².